The highest BCUT2D eigenvalue weighted by Crippen LogP contribution is 2.36. The van der Waals surface area contributed by atoms with Gasteiger partial charge in [-0.3, -0.25) is 4.79 Å². The second-order valence-corrected chi connectivity index (χ2v) is 8.82. The van der Waals surface area contributed by atoms with Crippen LogP contribution in [0.15, 0.2) is 48.9 Å². The van der Waals surface area contributed by atoms with Crippen LogP contribution >= 0.6 is 0 Å². The van der Waals surface area contributed by atoms with Crippen molar-refractivity contribution in [3.8, 4) is 23.1 Å². The first-order chi connectivity index (χ1) is 16.8. The number of benzene rings is 2. The zero-order valence-electron chi connectivity index (χ0n) is 20.6. The summed E-state index contributed by atoms with van der Waals surface area (Å²) in [6.07, 6.45) is 3.56. The Hall–Kier alpha value is -4.01. The Kier molecular flexibility index (Phi) is 7.24. The number of methoxy groups -OCH3 is 1. The summed E-state index contributed by atoms with van der Waals surface area (Å²) in [5, 5.41) is 8.83. The van der Waals surface area contributed by atoms with Gasteiger partial charge < -0.3 is 14.2 Å². The van der Waals surface area contributed by atoms with Crippen molar-refractivity contribution in [2.45, 2.75) is 52.7 Å². The zero-order chi connectivity index (χ0) is 24.9. The van der Waals surface area contributed by atoms with Crippen molar-refractivity contribution in [2.75, 3.05) is 7.11 Å². The summed E-state index contributed by atoms with van der Waals surface area (Å²) in [4.78, 5) is 21.1. The van der Waals surface area contributed by atoms with Crippen molar-refractivity contribution < 1.29 is 19.0 Å². The lowest BCUT2D eigenvalue weighted by molar-refractivity contribution is -0.119. The van der Waals surface area contributed by atoms with Gasteiger partial charge in [-0.15, -0.1) is 5.10 Å². The van der Waals surface area contributed by atoms with E-state index >= 15 is 0 Å². The van der Waals surface area contributed by atoms with Gasteiger partial charge in [0, 0.05) is 18.7 Å². The van der Waals surface area contributed by atoms with Crippen molar-refractivity contribution >= 4 is 16.7 Å². The maximum atomic E-state index is 12.5. The van der Waals surface area contributed by atoms with Gasteiger partial charge in [0.25, 0.3) is 0 Å². The molecule has 9 nitrogen and oxygen atoms in total. The van der Waals surface area contributed by atoms with Crippen LogP contribution in [0, 0.1) is 0 Å². The third kappa shape index (κ3) is 5.92. The predicted molar refractivity (Wildman–Crippen MR) is 131 cm³/mol. The highest BCUT2D eigenvalue weighted by atomic mass is 16.5. The Balaban J connectivity index is 1.46. The van der Waals surface area contributed by atoms with Crippen LogP contribution in [0.25, 0.3) is 10.9 Å². The average Bonchev–Trinajstić information content (AvgIpc) is 3.28. The topological polar surface area (TPSA) is 101 Å². The van der Waals surface area contributed by atoms with Crippen LogP contribution < -0.4 is 14.2 Å². The van der Waals surface area contributed by atoms with E-state index in [1.54, 1.807) is 11.8 Å². The minimum Gasteiger partial charge on any atom is -0.493 e. The van der Waals surface area contributed by atoms with Crippen LogP contribution in [0.2, 0.25) is 0 Å². The second kappa shape index (κ2) is 10.5. The highest BCUT2D eigenvalue weighted by molar-refractivity contribution is 5.87. The lowest BCUT2D eigenvalue weighted by Gasteiger charge is -2.15. The fourth-order valence-electron chi connectivity index (χ4n) is 3.53. The lowest BCUT2D eigenvalue weighted by Crippen LogP contribution is -2.13. The van der Waals surface area contributed by atoms with Gasteiger partial charge in [-0.05, 0) is 43.5 Å². The fraction of sp³-hybridized carbons (Fsp3) is 0.346. The van der Waals surface area contributed by atoms with Crippen LogP contribution in [0.1, 0.15) is 44.9 Å². The van der Waals surface area contributed by atoms with E-state index in [-0.39, 0.29) is 24.3 Å². The molecule has 0 aliphatic rings. The predicted octanol–water partition coefficient (Wildman–Crippen LogP) is 4.74. The third-order valence-corrected chi connectivity index (χ3v) is 5.27. The largest absolute Gasteiger partial charge is 0.493 e. The Morgan fingerprint density at radius 2 is 1.80 bits per heavy atom. The van der Waals surface area contributed by atoms with Crippen molar-refractivity contribution in [2.24, 2.45) is 0 Å². The molecule has 4 aromatic rings. The van der Waals surface area contributed by atoms with E-state index in [0.717, 1.165) is 11.3 Å². The van der Waals surface area contributed by atoms with Crippen LogP contribution in [0.5, 0.6) is 23.1 Å². The monoisotopic (exact) mass is 475 g/mol. The summed E-state index contributed by atoms with van der Waals surface area (Å²) in [5.74, 6) is 2.51. The Labute approximate surface area is 204 Å². The number of hydrogen-bond donors (Lipinski definition) is 0. The van der Waals surface area contributed by atoms with E-state index in [1.807, 2.05) is 70.3 Å². The molecule has 2 aromatic carbocycles. The number of rotatable bonds is 10. The molecule has 0 saturated carbocycles. The molecule has 0 bridgehead atoms. The number of carbonyl (C=O) groups excluding carboxylic acids is 1. The number of aromatic nitrogens is 5. The fourth-order valence-corrected chi connectivity index (χ4v) is 3.53. The molecule has 0 unspecified atom stereocenters. The molecule has 0 spiro atoms. The van der Waals surface area contributed by atoms with Crippen molar-refractivity contribution in [1.82, 2.24) is 25.0 Å². The average molecular weight is 476 g/mol. The van der Waals surface area contributed by atoms with Crippen molar-refractivity contribution in [3.63, 3.8) is 0 Å². The molecule has 0 saturated heterocycles. The number of hydrogen-bond acceptors (Lipinski definition) is 8. The number of Topliss-reactive ketones (excluding diaryl/α,β-unsaturated/α-hetero) is 1. The van der Waals surface area contributed by atoms with E-state index in [1.165, 1.54) is 6.33 Å². The number of fused-ring (bicyclic) bond motifs is 1. The molecule has 35 heavy (non-hydrogen) atoms. The van der Waals surface area contributed by atoms with Gasteiger partial charge in [0.1, 0.15) is 18.6 Å². The SMILES string of the molecule is COc1cc2c(Oc3ccc(CC(=O)Cn4cc(C(C)C)nn4)cc3)ncnc2cc1OC(C)C. The van der Waals surface area contributed by atoms with Crippen LogP contribution in [0.4, 0.5) is 0 Å². The molecule has 0 atom stereocenters. The van der Waals surface area contributed by atoms with Crippen LogP contribution in [-0.4, -0.2) is 44.0 Å². The molecule has 0 N–H and O–H groups in total. The Morgan fingerprint density at radius 1 is 1.03 bits per heavy atom. The van der Waals surface area contributed by atoms with Gasteiger partial charge in [0.05, 0.1) is 29.8 Å². The molecule has 182 valence electrons. The normalized spacial score (nSPS) is 11.3. The maximum Gasteiger partial charge on any atom is 0.230 e. The first-order valence-corrected chi connectivity index (χ1v) is 11.5. The molecule has 4 rings (SSSR count). The number of nitrogens with zero attached hydrogens (tertiary/aromatic N) is 5. The summed E-state index contributed by atoms with van der Waals surface area (Å²) in [6, 6.07) is 11.0. The first-order valence-electron chi connectivity index (χ1n) is 11.5. The van der Waals surface area contributed by atoms with Gasteiger partial charge in [0.2, 0.25) is 5.88 Å². The van der Waals surface area contributed by atoms with E-state index in [0.29, 0.717) is 40.5 Å². The molecule has 0 amide bonds. The molecule has 0 aliphatic carbocycles. The summed E-state index contributed by atoms with van der Waals surface area (Å²) >= 11 is 0. The maximum absolute atomic E-state index is 12.5. The number of ketones is 1. The molecule has 2 heterocycles. The van der Waals surface area contributed by atoms with Gasteiger partial charge in [-0.2, -0.15) is 0 Å². The second-order valence-electron chi connectivity index (χ2n) is 8.82. The lowest BCUT2D eigenvalue weighted by atomic mass is 10.1. The van der Waals surface area contributed by atoms with E-state index in [9.17, 15) is 4.79 Å². The van der Waals surface area contributed by atoms with Gasteiger partial charge >= 0.3 is 0 Å². The Bertz CT molecular complexity index is 1320. The Morgan fingerprint density at radius 3 is 2.46 bits per heavy atom. The highest BCUT2D eigenvalue weighted by Gasteiger charge is 2.14. The minimum absolute atomic E-state index is 0.00183. The summed E-state index contributed by atoms with van der Waals surface area (Å²) in [6.45, 7) is 8.17. The van der Waals surface area contributed by atoms with E-state index in [2.05, 4.69) is 20.3 Å². The smallest absolute Gasteiger partial charge is 0.230 e. The number of carbonyl (C=O) groups is 1. The minimum atomic E-state index is -0.00183. The van der Waals surface area contributed by atoms with Crippen LogP contribution in [0.3, 0.4) is 0 Å². The molecule has 0 aliphatic heterocycles. The third-order valence-electron chi connectivity index (χ3n) is 5.27. The van der Waals surface area contributed by atoms with Gasteiger partial charge in [-0.25, -0.2) is 14.6 Å². The van der Waals surface area contributed by atoms with E-state index in [4.69, 9.17) is 14.2 Å². The van der Waals surface area contributed by atoms with Crippen molar-refractivity contribution in [1.29, 1.82) is 0 Å². The van der Waals surface area contributed by atoms with Gasteiger partial charge in [0.15, 0.2) is 17.3 Å². The number of ether oxygens (including phenoxy) is 3. The standard InChI is InChI=1S/C26H29N5O4/c1-16(2)23-14-31(30-29-23)13-19(32)10-18-6-8-20(9-7-18)35-26-21-11-24(33-5)25(34-17(3)4)12-22(21)27-15-28-26/h6-9,11-12,14-17H,10,13H2,1-5H3. The molecule has 0 radical (unpaired) electrons. The molecule has 2 aromatic heterocycles. The molecule has 0 fully saturated rings. The summed E-state index contributed by atoms with van der Waals surface area (Å²) < 4.78 is 18.9. The van der Waals surface area contributed by atoms with E-state index < -0.39 is 0 Å². The van der Waals surface area contributed by atoms with Crippen LogP contribution in [-0.2, 0) is 17.8 Å². The van der Waals surface area contributed by atoms with Gasteiger partial charge in [-0.1, -0.05) is 31.2 Å². The quantitative estimate of drug-likeness (QED) is 0.324. The molecule has 9 heteroatoms. The zero-order valence-corrected chi connectivity index (χ0v) is 20.6. The van der Waals surface area contributed by atoms with Crippen molar-refractivity contribution in [3.05, 3.63) is 60.2 Å². The summed E-state index contributed by atoms with van der Waals surface area (Å²) in [7, 11) is 1.59. The molecular formula is C26H29N5O4. The molecular weight excluding hydrogens is 446 g/mol. The summed E-state index contributed by atoms with van der Waals surface area (Å²) in [5.41, 5.74) is 2.44. The first kappa shape index (κ1) is 24.1.